The summed E-state index contributed by atoms with van der Waals surface area (Å²) in [6, 6.07) is 4.27. The van der Waals surface area contributed by atoms with Crippen LogP contribution < -0.4 is 0 Å². The summed E-state index contributed by atoms with van der Waals surface area (Å²) in [4.78, 5) is 0. The van der Waals surface area contributed by atoms with E-state index in [0.29, 0.717) is 15.9 Å². The van der Waals surface area contributed by atoms with E-state index in [4.69, 9.17) is 0 Å². The van der Waals surface area contributed by atoms with Crippen LogP contribution in [0.2, 0.25) is 0 Å². The molecule has 1 unspecified atom stereocenters. The molecule has 1 aromatic carbocycles. The van der Waals surface area contributed by atoms with Crippen molar-refractivity contribution < 1.29 is 9.50 Å². The zero-order valence-corrected chi connectivity index (χ0v) is 10.0. The maximum Gasteiger partial charge on any atom is 0.124 e. The first-order valence-electron chi connectivity index (χ1n) is 4.63. The van der Waals surface area contributed by atoms with E-state index in [2.05, 4.69) is 26.2 Å². The molecule has 4 nitrogen and oxygen atoms in total. The largest absolute Gasteiger partial charge is 0.387 e. The predicted octanol–water partition coefficient (Wildman–Crippen LogP) is 2.22. The van der Waals surface area contributed by atoms with Gasteiger partial charge in [0, 0.05) is 4.47 Å². The van der Waals surface area contributed by atoms with Crippen molar-refractivity contribution in [1.29, 1.82) is 0 Å². The lowest BCUT2D eigenvalue weighted by molar-refractivity contribution is 0.194. The zero-order chi connectivity index (χ0) is 11.7. The van der Waals surface area contributed by atoms with Gasteiger partial charge in [0.1, 0.15) is 11.5 Å². The highest BCUT2D eigenvalue weighted by molar-refractivity contribution is 9.10. The van der Waals surface area contributed by atoms with Gasteiger partial charge in [0.2, 0.25) is 0 Å². The Labute approximate surface area is 99.8 Å². The molecule has 0 aliphatic rings. The maximum atomic E-state index is 12.9. The average molecular weight is 286 g/mol. The van der Waals surface area contributed by atoms with Crippen molar-refractivity contribution in [1.82, 2.24) is 15.0 Å². The van der Waals surface area contributed by atoms with Gasteiger partial charge in [0.25, 0.3) is 0 Å². The van der Waals surface area contributed by atoms with Gasteiger partial charge in [-0.3, -0.25) is 0 Å². The summed E-state index contributed by atoms with van der Waals surface area (Å²) in [6.07, 6.45) is 0.927. The Kier molecular flexibility index (Phi) is 3.02. The standard InChI is InChI=1S/C10H9BrFN3O/c1-6(16)9-5-15(14-13-9)10-3-2-7(12)4-8(10)11/h2-6,16H,1H3. The topological polar surface area (TPSA) is 50.9 Å². The molecule has 0 bridgehead atoms. The van der Waals surface area contributed by atoms with Gasteiger partial charge >= 0.3 is 0 Å². The van der Waals surface area contributed by atoms with Crippen molar-refractivity contribution in [2.45, 2.75) is 13.0 Å². The number of hydrogen-bond donors (Lipinski definition) is 1. The fourth-order valence-corrected chi connectivity index (χ4v) is 1.79. The minimum atomic E-state index is -0.673. The summed E-state index contributed by atoms with van der Waals surface area (Å²) in [6.45, 7) is 1.61. The van der Waals surface area contributed by atoms with Crippen LogP contribution >= 0.6 is 15.9 Å². The van der Waals surface area contributed by atoms with Crippen LogP contribution in [-0.2, 0) is 0 Å². The first-order chi connectivity index (χ1) is 7.58. The van der Waals surface area contributed by atoms with Gasteiger partial charge in [0.05, 0.1) is 18.0 Å². The summed E-state index contributed by atoms with van der Waals surface area (Å²) in [5, 5.41) is 17.0. The number of benzene rings is 1. The van der Waals surface area contributed by atoms with E-state index in [0.717, 1.165) is 0 Å². The fraction of sp³-hybridized carbons (Fsp3) is 0.200. The Hall–Kier alpha value is -1.27. The second kappa shape index (κ2) is 4.31. The number of aliphatic hydroxyl groups excluding tert-OH is 1. The summed E-state index contributed by atoms with van der Waals surface area (Å²) in [7, 11) is 0. The summed E-state index contributed by atoms with van der Waals surface area (Å²) in [5.41, 5.74) is 1.14. The lowest BCUT2D eigenvalue weighted by atomic mass is 10.3. The third-order valence-electron chi connectivity index (χ3n) is 2.10. The molecule has 16 heavy (non-hydrogen) atoms. The molecule has 1 aromatic heterocycles. The van der Waals surface area contributed by atoms with Gasteiger partial charge in [-0.2, -0.15) is 0 Å². The molecule has 0 radical (unpaired) electrons. The highest BCUT2D eigenvalue weighted by Gasteiger charge is 2.09. The zero-order valence-electron chi connectivity index (χ0n) is 8.43. The van der Waals surface area contributed by atoms with E-state index in [9.17, 15) is 9.50 Å². The molecule has 0 aliphatic heterocycles. The minimum Gasteiger partial charge on any atom is -0.387 e. The molecule has 1 N–H and O–H groups in total. The summed E-state index contributed by atoms with van der Waals surface area (Å²) >= 11 is 3.24. The van der Waals surface area contributed by atoms with Crippen LogP contribution in [-0.4, -0.2) is 20.1 Å². The number of aliphatic hydroxyl groups is 1. The van der Waals surface area contributed by atoms with Gasteiger partial charge in [0.15, 0.2) is 0 Å². The Bertz CT molecular complexity index is 513. The van der Waals surface area contributed by atoms with Gasteiger partial charge < -0.3 is 5.11 Å². The number of halogens is 2. The SMILES string of the molecule is CC(O)c1cn(-c2ccc(F)cc2Br)nn1. The molecule has 2 aromatic rings. The third-order valence-corrected chi connectivity index (χ3v) is 2.73. The van der Waals surface area contributed by atoms with Crippen LogP contribution in [0.4, 0.5) is 4.39 Å². The predicted molar refractivity (Wildman–Crippen MR) is 59.7 cm³/mol. The normalized spacial score (nSPS) is 12.8. The van der Waals surface area contributed by atoms with Crippen molar-refractivity contribution in [2.75, 3.05) is 0 Å². The first kappa shape index (κ1) is 11.2. The smallest absolute Gasteiger partial charge is 0.124 e. The number of rotatable bonds is 2. The van der Waals surface area contributed by atoms with Gasteiger partial charge in [-0.1, -0.05) is 5.21 Å². The molecule has 2 rings (SSSR count). The molecule has 6 heteroatoms. The molecular formula is C10H9BrFN3O. The van der Waals surface area contributed by atoms with Crippen molar-refractivity contribution in [3.05, 3.63) is 40.4 Å². The highest BCUT2D eigenvalue weighted by Crippen LogP contribution is 2.22. The monoisotopic (exact) mass is 285 g/mol. The van der Waals surface area contributed by atoms with Crippen LogP contribution in [0.1, 0.15) is 18.7 Å². The van der Waals surface area contributed by atoms with E-state index in [1.54, 1.807) is 19.2 Å². The highest BCUT2D eigenvalue weighted by atomic mass is 79.9. The Balaban J connectivity index is 2.42. The molecule has 0 saturated heterocycles. The third kappa shape index (κ3) is 2.12. The molecule has 0 fully saturated rings. The van der Waals surface area contributed by atoms with E-state index in [1.165, 1.54) is 16.8 Å². The average Bonchev–Trinajstić information content (AvgIpc) is 2.66. The Morgan fingerprint density at radius 2 is 2.25 bits per heavy atom. The maximum absolute atomic E-state index is 12.9. The van der Waals surface area contributed by atoms with Gasteiger partial charge in [-0.25, -0.2) is 9.07 Å². The molecule has 0 saturated carbocycles. The van der Waals surface area contributed by atoms with Gasteiger partial charge in [-0.15, -0.1) is 5.10 Å². The number of hydrogen-bond acceptors (Lipinski definition) is 3. The Morgan fingerprint density at radius 3 is 2.81 bits per heavy atom. The van der Waals surface area contributed by atoms with Crippen molar-refractivity contribution in [3.63, 3.8) is 0 Å². The van der Waals surface area contributed by atoms with Crippen molar-refractivity contribution in [2.24, 2.45) is 0 Å². The second-order valence-corrected chi connectivity index (χ2v) is 4.21. The van der Waals surface area contributed by atoms with Crippen molar-refractivity contribution in [3.8, 4) is 5.69 Å². The molecular weight excluding hydrogens is 277 g/mol. The quantitative estimate of drug-likeness (QED) is 0.921. The van der Waals surface area contributed by atoms with Crippen LogP contribution in [0.3, 0.4) is 0 Å². The molecule has 84 valence electrons. The summed E-state index contributed by atoms with van der Waals surface area (Å²) in [5.74, 6) is -0.327. The van der Waals surface area contributed by atoms with Crippen molar-refractivity contribution >= 4 is 15.9 Å². The first-order valence-corrected chi connectivity index (χ1v) is 5.43. The number of aromatic nitrogens is 3. The van der Waals surface area contributed by atoms with E-state index in [-0.39, 0.29) is 5.82 Å². The van der Waals surface area contributed by atoms with E-state index in [1.807, 2.05) is 0 Å². The van der Waals surface area contributed by atoms with E-state index >= 15 is 0 Å². The molecule has 1 heterocycles. The van der Waals surface area contributed by atoms with Crippen LogP contribution in [0, 0.1) is 5.82 Å². The van der Waals surface area contributed by atoms with Crippen LogP contribution in [0.15, 0.2) is 28.9 Å². The molecule has 0 aliphatic carbocycles. The number of nitrogens with zero attached hydrogens (tertiary/aromatic N) is 3. The van der Waals surface area contributed by atoms with E-state index < -0.39 is 6.10 Å². The van der Waals surface area contributed by atoms with Crippen LogP contribution in [0.5, 0.6) is 0 Å². The van der Waals surface area contributed by atoms with Gasteiger partial charge in [-0.05, 0) is 41.1 Å². The molecule has 0 spiro atoms. The minimum absolute atomic E-state index is 0.327. The molecule has 0 amide bonds. The lowest BCUT2D eigenvalue weighted by Gasteiger charge is -2.02. The lowest BCUT2D eigenvalue weighted by Crippen LogP contribution is -1.96. The molecule has 1 atom stereocenters. The van der Waals surface area contributed by atoms with Crippen LogP contribution in [0.25, 0.3) is 5.69 Å². The Morgan fingerprint density at radius 1 is 1.50 bits per heavy atom. The fourth-order valence-electron chi connectivity index (χ4n) is 1.25. The summed E-state index contributed by atoms with van der Waals surface area (Å²) < 4.78 is 14.9. The second-order valence-electron chi connectivity index (χ2n) is 3.36.